The van der Waals surface area contributed by atoms with E-state index in [-0.39, 0.29) is 23.7 Å². The van der Waals surface area contributed by atoms with Crippen molar-refractivity contribution < 1.29 is 9.59 Å². The van der Waals surface area contributed by atoms with Gasteiger partial charge in [-0.2, -0.15) is 5.26 Å². The van der Waals surface area contributed by atoms with Crippen LogP contribution in [0.5, 0.6) is 0 Å². The zero-order valence-corrected chi connectivity index (χ0v) is 15.4. The molecule has 2 amide bonds. The van der Waals surface area contributed by atoms with Crippen LogP contribution in [-0.4, -0.2) is 11.8 Å². The summed E-state index contributed by atoms with van der Waals surface area (Å²) in [5.41, 5.74) is 2.96. The predicted octanol–water partition coefficient (Wildman–Crippen LogP) is 4.25. The molecule has 0 aliphatic heterocycles. The number of anilines is 2. The first-order chi connectivity index (χ1) is 13.1. The highest BCUT2D eigenvalue weighted by atomic mass is 16.2. The van der Waals surface area contributed by atoms with Crippen molar-refractivity contribution >= 4 is 23.2 Å². The second-order valence-corrected chi connectivity index (χ2v) is 7.05. The molecule has 2 aromatic rings. The molecule has 0 spiro atoms. The Hall–Kier alpha value is -3.13. The molecule has 0 heterocycles. The Morgan fingerprint density at radius 1 is 0.889 bits per heavy atom. The Balaban J connectivity index is 1.52. The number of carbonyl (C=O) groups is 2. The second-order valence-electron chi connectivity index (χ2n) is 7.05. The molecule has 138 valence electrons. The summed E-state index contributed by atoms with van der Waals surface area (Å²) in [5, 5.41) is 14.9. The summed E-state index contributed by atoms with van der Waals surface area (Å²) >= 11 is 0. The summed E-state index contributed by atoms with van der Waals surface area (Å²) in [6.45, 7) is 2.01. The van der Waals surface area contributed by atoms with Crippen LogP contribution in [0.1, 0.15) is 36.8 Å². The molecule has 0 unspecified atom stereocenters. The van der Waals surface area contributed by atoms with E-state index in [2.05, 4.69) is 16.7 Å². The third-order valence-electron chi connectivity index (χ3n) is 5.09. The first-order valence-electron chi connectivity index (χ1n) is 9.24. The molecular formula is C22H23N3O2. The third kappa shape index (κ3) is 4.73. The van der Waals surface area contributed by atoms with Crippen molar-refractivity contribution in [1.82, 2.24) is 0 Å². The summed E-state index contributed by atoms with van der Waals surface area (Å²) in [6.07, 6.45) is 2.73. The number of para-hydroxylation sites is 1. The molecule has 1 aliphatic rings. The minimum absolute atomic E-state index is 0.0209. The predicted molar refractivity (Wildman–Crippen MR) is 105 cm³/mol. The van der Waals surface area contributed by atoms with Gasteiger partial charge in [0.1, 0.15) is 6.07 Å². The number of hydrogen-bond acceptors (Lipinski definition) is 3. The second kappa shape index (κ2) is 8.50. The average molecular weight is 361 g/mol. The molecule has 3 rings (SSSR count). The number of nitriles is 1. The smallest absolute Gasteiger partial charge is 0.227 e. The molecule has 0 radical (unpaired) electrons. The van der Waals surface area contributed by atoms with Crippen LogP contribution < -0.4 is 10.6 Å². The number of amides is 2. The largest absolute Gasteiger partial charge is 0.326 e. The quantitative estimate of drug-likeness (QED) is 0.854. The Labute approximate surface area is 159 Å². The number of benzene rings is 2. The topological polar surface area (TPSA) is 82.0 Å². The lowest BCUT2D eigenvalue weighted by Crippen LogP contribution is -2.32. The van der Waals surface area contributed by atoms with Crippen molar-refractivity contribution in [3.05, 3.63) is 59.7 Å². The van der Waals surface area contributed by atoms with Crippen molar-refractivity contribution in [2.75, 3.05) is 10.6 Å². The zero-order chi connectivity index (χ0) is 19.2. The van der Waals surface area contributed by atoms with Crippen LogP contribution in [0, 0.1) is 30.1 Å². The number of aryl methyl sites for hydroxylation is 1. The Kier molecular flexibility index (Phi) is 5.87. The molecule has 0 aromatic heterocycles. The van der Waals surface area contributed by atoms with Gasteiger partial charge in [-0.3, -0.25) is 9.59 Å². The van der Waals surface area contributed by atoms with Gasteiger partial charge in [0.05, 0.1) is 11.3 Å². The van der Waals surface area contributed by atoms with E-state index >= 15 is 0 Å². The third-order valence-corrected chi connectivity index (χ3v) is 5.09. The molecule has 0 atom stereocenters. The number of hydrogen-bond donors (Lipinski definition) is 2. The summed E-state index contributed by atoms with van der Waals surface area (Å²) in [7, 11) is 0. The monoisotopic (exact) mass is 361 g/mol. The number of rotatable bonds is 4. The van der Waals surface area contributed by atoms with E-state index in [1.807, 2.05) is 31.2 Å². The fourth-order valence-electron chi connectivity index (χ4n) is 3.42. The number of nitrogens with zero attached hydrogens (tertiary/aromatic N) is 1. The van der Waals surface area contributed by atoms with Gasteiger partial charge in [0, 0.05) is 17.5 Å². The van der Waals surface area contributed by atoms with Crippen LogP contribution in [0.4, 0.5) is 11.4 Å². The maximum atomic E-state index is 12.5. The van der Waals surface area contributed by atoms with Crippen LogP contribution in [0.2, 0.25) is 0 Å². The first-order valence-corrected chi connectivity index (χ1v) is 9.24. The molecule has 0 bridgehead atoms. The highest BCUT2D eigenvalue weighted by molar-refractivity contribution is 5.95. The van der Waals surface area contributed by atoms with Crippen molar-refractivity contribution in [3.8, 4) is 6.07 Å². The van der Waals surface area contributed by atoms with Gasteiger partial charge in [0.25, 0.3) is 0 Å². The summed E-state index contributed by atoms with van der Waals surface area (Å²) in [5.74, 6) is -0.246. The minimum Gasteiger partial charge on any atom is -0.326 e. The molecule has 0 saturated heterocycles. The van der Waals surface area contributed by atoms with E-state index in [9.17, 15) is 9.59 Å². The molecule has 5 nitrogen and oxygen atoms in total. The molecule has 27 heavy (non-hydrogen) atoms. The van der Waals surface area contributed by atoms with E-state index in [0.29, 0.717) is 36.9 Å². The van der Waals surface area contributed by atoms with Gasteiger partial charge in [0.2, 0.25) is 11.8 Å². The van der Waals surface area contributed by atoms with Gasteiger partial charge < -0.3 is 10.6 Å². The van der Waals surface area contributed by atoms with E-state index in [0.717, 1.165) is 11.3 Å². The van der Waals surface area contributed by atoms with E-state index < -0.39 is 0 Å². The highest BCUT2D eigenvalue weighted by Crippen LogP contribution is 2.31. The fourth-order valence-corrected chi connectivity index (χ4v) is 3.42. The van der Waals surface area contributed by atoms with E-state index in [1.54, 1.807) is 24.3 Å². The van der Waals surface area contributed by atoms with Gasteiger partial charge in [-0.1, -0.05) is 29.8 Å². The normalized spacial score (nSPS) is 19.0. The molecule has 5 heteroatoms. The molecule has 1 fully saturated rings. The average Bonchev–Trinajstić information content (AvgIpc) is 2.70. The van der Waals surface area contributed by atoms with Gasteiger partial charge in [-0.25, -0.2) is 0 Å². The fraction of sp³-hybridized carbons (Fsp3) is 0.318. The first kappa shape index (κ1) is 18.7. The van der Waals surface area contributed by atoms with Crippen LogP contribution in [0.15, 0.2) is 48.5 Å². The SMILES string of the molecule is Cc1ccc(NC(=O)C2CCC(C(=O)Nc3ccccc3C#N)CC2)cc1. The van der Waals surface area contributed by atoms with Crippen LogP contribution >= 0.6 is 0 Å². The molecule has 2 N–H and O–H groups in total. The lowest BCUT2D eigenvalue weighted by molar-refractivity contribution is -0.125. The Morgan fingerprint density at radius 2 is 1.44 bits per heavy atom. The van der Waals surface area contributed by atoms with Gasteiger partial charge in [-0.05, 0) is 56.9 Å². The summed E-state index contributed by atoms with van der Waals surface area (Å²) in [4.78, 5) is 25.0. The van der Waals surface area contributed by atoms with Crippen LogP contribution in [0.25, 0.3) is 0 Å². The molecule has 2 aromatic carbocycles. The Bertz CT molecular complexity index is 860. The summed E-state index contributed by atoms with van der Waals surface area (Å²) < 4.78 is 0. The number of carbonyl (C=O) groups excluding carboxylic acids is 2. The maximum Gasteiger partial charge on any atom is 0.227 e. The van der Waals surface area contributed by atoms with E-state index in [4.69, 9.17) is 5.26 Å². The standard InChI is InChI=1S/C22H23N3O2/c1-15-6-12-19(13-7-15)24-21(26)16-8-10-17(11-9-16)22(27)25-20-5-3-2-4-18(20)14-23/h2-7,12-13,16-17H,8-11H2,1H3,(H,24,26)(H,25,27). The lowest BCUT2D eigenvalue weighted by atomic mass is 9.81. The zero-order valence-electron chi connectivity index (χ0n) is 15.4. The van der Waals surface area contributed by atoms with Crippen molar-refractivity contribution in [2.45, 2.75) is 32.6 Å². The molecular weight excluding hydrogens is 338 g/mol. The van der Waals surface area contributed by atoms with Gasteiger partial charge in [0.15, 0.2) is 0 Å². The lowest BCUT2D eigenvalue weighted by Gasteiger charge is -2.27. The highest BCUT2D eigenvalue weighted by Gasteiger charge is 2.30. The van der Waals surface area contributed by atoms with Crippen molar-refractivity contribution in [1.29, 1.82) is 5.26 Å². The Morgan fingerprint density at radius 3 is 2.04 bits per heavy atom. The molecule has 1 aliphatic carbocycles. The van der Waals surface area contributed by atoms with Gasteiger partial charge >= 0.3 is 0 Å². The van der Waals surface area contributed by atoms with E-state index in [1.165, 1.54) is 0 Å². The van der Waals surface area contributed by atoms with Crippen molar-refractivity contribution in [3.63, 3.8) is 0 Å². The van der Waals surface area contributed by atoms with Crippen molar-refractivity contribution in [2.24, 2.45) is 11.8 Å². The van der Waals surface area contributed by atoms with Crippen LogP contribution in [-0.2, 0) is 9.59 Å². The number of nitrogens with one attached hydrogen (secondary N) is 2. The minimum atomic E-state index is -0.125. The van der Waals surface area contributed by atoms with Crippen LogP contribution in [0.3, 0.4) is 0 Å². The molecule has 1 saturated carbocycles. The summed E-state index contributed by atoms with van der Waals surface area (Å²) in [6, 6.07) is 16.8. The maximum absolute atomic E-state index is 12.5. The van der Waals surface area contributed by atoms with Gasteiger partial charge in [-0.15, -0.1) is 0 Å².